The molecule has 4 rings (SSSR count). The van der Waals surface area contributed by atoms with Crippen molar-refractivity contribution in [3.8, 4) is 17.2 Å². The van der Waals surface area contributed by atoms with Gasteiger partial charge in [0.1, 0.15) is 0 Å². The van der Waals surface area contributed by atoms with Gasteiger partial charge in [-0.2, -0.15) is 0 Å². The van der Waals surface area contributed by atoms with Gasteiger partial charge in [0.05, 0.1) is 33.5 Å². The molecule has 7 nitrogen and oxygen atoms in total. The molecule has 1 aliphatic carbocycles. The van der Waals surface area contributed by atoms with E-state index in [0.717, 1.165) is 5.70 Å². The van der Waals surface area contributed by atoms with Crippen molar-refractivity contribution in [1.82, 2.24) is 5.32 Å². The van der Waals surface area contributed by atoms with Gasteiger partial charge in [0.2, 0.25) is 5.75 Å². The molecule has 8 heteroatoms. The van der Waals surface area contributed by atoms with Crippen molar-refractivity contribution in [3.63, 3.8) is 0 Å². The van der Waals surface area contributed by atoms with Gasteiger partial charge in [0.15, 0.2) is 17.3 Å². The molecule has 2 atom stereocenters. The Labute approximate surface area is 209 Å². The van der Waals surface area contributed by atoms with Crippen molar-refractivity contribution in [2.75, 3.05) is 27.9 Å². The van der Waals surface area contributed by atoms with Crippen LogP contribution in [0.2, 0.25) is 0 Å². The second-order valence-electron chi connectivity index (χ2n) is 8.63. The summed E-state index contributed by atoms with van der Waals surface area (Å²) in [5.41, 5.74) is 3.26. The molecule has 186 valence electrons. The van der Waals surface area contributed by atoms with Gasteiger partial charge >= 0.3 is 5.97 Å². The van der Waals surface area contributed by atoms with Gasteiger partial charge in [0, 0.05) is 40.1 Å². The smallest absolute Gasteiger partial charge is 0.336 e. The third-order valence-corrected chi connectivity index (χ3v) is 7.49. The number of methoxy groups -OCH3 is 3. The number of esters is 1. The van der Waals surface area contributed by atoms with E-state index in [1.807, 2.05) is 25.3 Å². The summed E-state index contributed by atoms with van der Waals surface area (Å²) in [4.78, 5) is 28.1. The lowest BCUT2D eigenvalue weighted by Gasteiger charge is -2.36. The minimum Gasteiger partial charge on any atom is -0.493 e. The van der Waals surface area contributed by atoms with Crippen LogP contribution < -0.4 is 19.5 Å². The largest absolute Gasteiger partial charge is 0.493 e. The van der Waals surface area contributed by atoms with Gasteiger partial charge in [-0.25, -0.2) is 4.79 Å². The van der Waals surface area contributed by atoms with Crippen molar-refractivity contribution >= 4 is 23.1 Å². The van der Waals surface area contributed by atoms with Gasteiger partial charge in [-0.1, -0.05) is 13.0 Å². The second kappa shape index (κ2) is 10.6. The third-order valence-electron chi connectivity index (χ3n) is 6.45. The van der Waals surface area contributed by atoms with Crippen molar-refractivity contribution < 1.29 is 28.5 Å². The highest BCUT2D eigenvalue weighted by molar-refractivity contribution is 7.10. The van der Waals surface area contributed by atoms with E-state index in [2.05, 4.69) is 11.4 Å². The van der Waals surface area contributed by atoms with E-state index in [9.17, 15) is 9.59 Å². The van der Waals surface area contributed by atoms with Crippen LogP contribution in [-0.4, -0.2) is 39.7 Å². The number of dihydropyridines is 1. The Morgan fingerprint density at radius 3 is 2.40 bits per heavy atom. The fourth-order valence-corrected chi connectivity index (χ4v) is 5.74. The van der Waals surface area contributed by atoms with Crippen LogP contribution in [-0.2, 0) is 14.3 Å². The number of thiophene rings is 1. The number of nitrogens with one attached hydrogen (secondary N) is 1. The number of ketones is 1. The summed E-state index contributed by atoms with van der Waals surface area (Å²) in [6, 6.07) is 7.69. The molecule has 0 fully saturated rings. The molecule has 0 saturated carbocycles. The molecule has 0 radical (unpaired) electrons. The first-order valence-corrected chi connectivity index (χ1v) is 12.6. The molecule has 2 aliphatic rings. The van der Waals surface area contributed by atoms with E-state index in [1.54, 1.807) is 37.7 Å². The fraction of sp³-hybridized carbons (Fsp3) is 0.407. The molecule has 35 heavy (non-hydrogen) atoms. The van der Waals surface area contributed by atoms with Crippen LogP contribution >= 0.6 is 11.3 Å². The second-order valence-corrected chi connectivity index (χ2v) is 9.61. The molecule has 1 aliphatic heterocycles. The number of Topliss-reactive ketones (excluding diaryl/α,β-unsaturated/α-hetero) is 1. The minimum absolute atomic E-state index is 0.0178. The Balaban J connectivity index is 1.87. The minimum atomic E-state index is -0.610. The van der Waals surface area contributed by atoms with Gasteiger partial charge < -0.3 is 24.3 Å². The quantitative estimate of drug-likeness (QED) is 0.509. The normalized spacial score (nSPS) is 19.7. The molecule has 1 N–H and O–H groups in total. The van der Waals surface area contributed by atoms with Gasteiger partial charge in [-0.3, -0.25) is 4.79 Å². The zero-order valence-corrected chi connectivity index (χ0v) is 21.5. The Bertz CT molecular complexity index is 1160. The van der Waals surface area contributed by atoms with E-state index in [-0.39, 0.29) is 11.7 Å². The number of ether oxygens (including phenoxy) is 4. The Hall–Kier alpha value is -3.26. The van der Waals surface area contributed by atoms with Crippen LogP contribution in [0.5, 0.6) is 17.2 Å². The molecule has 1 aromatic carbocycles. The average molecular weight is 498 g/mol. The number of carbonyl (C=O) groups excluding carboxylic acids is 2. The first-order valence-electron chi connectivity index (χ1n) is 11.7. The zero-order valence-electron chi connectivity index (χ0n) is 20.7. The summed E-state index contributed by atoms with van der Waals surface area (Å²) in [5.74, 6) is 0.448. The summed E-state index contributed by atoms with van der Waals surface area (Å²) >= 11 is 1.66. The Morgan fingerprint density at radius 2 is 1.83 bits per heavy atom. The van der Waals surface area contributed by atoms with E-state index >= 15 is 0 Å². The number of benzene rings is 1. The molecule has 0 unspecified atom stereocenters. The summed E-state index contributed by atoms with van der Waals surface area (Å²) in [6.45, 7) is 4.11. The maximum Gasteiger partial charge on any atom is 0.336 e. The highest BCUT2D eigenvalue weighted by Gasteiger charge is 2.42. The highest BCUT2D eigenvalue weighted by atomic mass is 32.1. The Morgan fingerprint density at radius 1 is 1.11 bits per heavy atom. The van der Waals surface area contributed by atoms with Crippen molar-refractivity contribution in [1.29, 1.82) is 0 Å². The van der Waals surface area contributed by atoms with Crippen LogP contribution in [0.4, 0.5) is 0 Å². The predicted molar refractivity (Wildman–Crippen MR) is 134 cm³/mol. The first-order chi connectivity index (χ1) is 16.9. The lowest BCUT2D eigenvalue weighted by molar-refractivity contribution is -0.139. The lowest BCUT2D eigenvalue weighted by atomic mass is 9.72. The molecule has 0 bridgehead atoms. The van der Waals surface area contributed by atoms with Gasteiger partial charge in [-0.05, 0) is 48.9 Å². The van der Waals surface area contributed by atoms with Crippen LogP contribution in [0, 0.1) is 0 Å². The molecule has 0 saturated heterocycles. The summed E-state index contributed by atoms with van der Waals surface area (Å²) in [5, 5.41) is 5.41. The fourth-order valence-electron chi connectivity index (χ4n) is 4.91. The maximum absolute atomic E-state index is 13.7. The van der Waals surface area contributed by atoms with Crippen LogP contribution in [0.15, 0.2) is 52.2 Å². The van der Waals surface area contributed by atoms with Crippen LogP contribution in [0.25, 0.3) is 0 Å². The number of allylic oxidation sites excluding steroid dienone is 3. The SMILES string of the molecule is CCCOC(=O)C1=C(C)NC2=C(C(=O)C[C@H](c3cccs3)C2)[C@@H]1c1cc(OC)c(OC)c(OC)c1. The van der Waals surface area contributed by atoms with E-state index in [1.165, 1.54) is 12.0 Å². The standard InChI is InChI=1S/C27H31NO6S/c1-6-9-34-27(30)23-15(2)28-18-11-16(22-8-7-10-35-22)12-19(29)25(18)24(23)17-13-20(31-3)26(33-5)21(14-17)32-4/h7-8,10,13-14,16,24,28H,6,9,11-12H2,1-5H3/t16-,24-/m1/s1. The molecule has 2 heterocycles. The zero-order chi connectivity index (χ0) is 25.1. The van der Waals surface area contributed by atoms with Gasteiger partial charge in [0.25, 0.3) is 0 Å². The molecule has 0 spiro atoms. The highest BCUT2D eigenvalue weighted by Crippen LogP contribution is 2.49. The molecule has 0 amide bonds. The van der Waals surface area contributed by atoms with Crippen LogP contribution in [0.1, 0.15) is 55.4 Å². The molecule has 1 aromatic heterocycles. The third kappa shape index (κ3) is 4.67. The molecule has 2 aromatic rings. The van der Waals surface area contributed by atoms with Crippen molar-refractivity contribution in [2.24, 2.45) is 0 Å². The first kappa shape index (κ1) is 24.9. The number of hydrogen-bond donors (Lipinski definition) is 1. The van der Waals surface area contributed by atoms with E-state index in [0.29, 0.717) is 65.5 Å². The predicted octanol–water partition coefficient (Wildman–Crippen LogP) is 5.09. The van der Waals surface area contributed by atoms with Crippen molar-refractivity contribution in [2.45, 2.75) is 44.9 Å². The maximum atomic E-state index is 13.7. The molecular weight excluding hydrogens is 466 g/mol. The summed E-state index contributed by atoms with van der Waals surface area (Å²) < 4.78 is 22.2. The topological polar surface area (TPSA) is 83.1 Å². The van der Waals surface area contributed by atoms with E-state index in [4.69, 9.17) is 18.9 Å². The van der Waals surface area contributed by atoms with Crippen molar-refractivity contribution in [3.05, 3.63) is 62.6 Å². The van der Waals surface area contributed by atoms with Gasteiger partial charge in [-0.15, -0.1) is 11.3 Å². The Kier molecular flexibility index (Phi) is 7.50. The number of carbonyl (C=O) groups is 2. The summed E-state index contributed by atoms with van der Waals surface area (Å²) in [6.07, 6.45) is 1.78. The molecular formula is C27H31NO6S. The lowest BCUT2D eigenvalue weighted by Crippen LogP contribution is -2.36. The average Bonchev–Trinajstić information content (AvgIpc) is 3.40. The van der Waals surface area contributed by atoms with Crippen LogP contribution in [0.3, 0.4) is 0 Å². The number of rotatable bonds is 8. The monoisotopic (exact) mass is 497 g/mol. The van der Waals surface area contributed by atoms with E-state index < -0.39 is 11.9 Å². The summed E-state index contributed by atoms with van der Waals surface area (Å²) in [7, 11) is 4.63. The number of hydrogen-bond acceptors (Lipinski definition) is 8.